The molecule has 3 atom stereocenters. The Labute approximate surface area is 161 Å². The summed E-state index contributed by atoms with van der Waals surface area (Å²) in [4.78, 5) is 22.8. The van der Waals surface area contributed by atoms with E-state index in [1.54, 1.807) is 24.3 Å². The van der Waals surface area contributed by atoms with E-state index in [4.69, 9.17) is 23.2 Å². The van der Waals surface area contributed by atoms with E-state index in [0.29, 0.717) is 16.5 Å². The molecule has 1 amide bonds. The van der Waals surface area contributed by atoms with E-state index in [9.17, 15) is 14.7 Å². The van der Waals surface area contributed by atoms with Crippen LogP contribution in [0.25, 0.3) is 0 Å². The van der Waals surface area contributed by atoms with Gasteiger partial charge in [-0.05, 0) is 31.0 Å². The van der Waals surface area contributed by atoms with E-state index >= 15 is 0 Å². The summed E-state index contributed by atoms with van der Waals surface area (Å²) < 4.78 is 0. The van der Waals surface area contributed by atoms with Gasteiger partial charge in [-0.15, -0.1) is 0 Å². The maximum absolute atomic E-state index is 12.0. The summed E-state index contributed by atoms with van der Waals surface area (Å²) in [5, 5.41) is 14.6. The van der Waals surface area contributed by atoms with Crippen LogP contribution >= 0.6 is 23.2 Å². The normalized spacial score (nSPS) is 20.5. The van der Waals surface area contributed by atoms with E-state index in [0.717, 1.165) is 5.56 Å². The Morgan fingerprint density at radius 2 is 1.77 bits per heavy atom. The van der Waals surface area contributed by atoms with Crippen molar-refractivity contribution in [3.8, 4) is 0 Å². The molecule has 22 heavy (non-hydrogen) atoms. The Kier molecular flexibility index (Phi) is 7.42. The van der Waals surface area contributed by atoms with Gasteiger partial charge < -0.3 is 15.2 Å². The van der Waals surface area contributed by atoms with Crippen molar-refractivity contribution < 1.29 is 44.3 Å². The molecule has 0 radical (unpaired) electrons. The maximum Gasteiger partial charge on any atom is 1.00 e. The zero-order valence-corrected chi connectivity index (χ0v) is 15.8. The van der Waals surface area contributed by atoms with Gasteiger partial charge in [0.25, 0.3) is 0 Å². The summed E-state index contributed by atoms with van der Waals surface area (Å²) in [6.07, 6.45) is 3.48. The Hall–Kier alpha value is -0.520. The molecule has 0 aromatic heterocycles. The Morgan fingerprint density at radius 1 is 1.23 bits per heavy atom. The van der Waals surface area contributed by atoms with Crippen LogP contribution in [0.15, 0.2) is 30.4 Å². The molecule has 1 aliphatic rings. The van der Waals surface area contributed by atoms with E-state index in [1.165, 1.54) is 6.08 Å². The molecular formula is C15H14Cl2NNaO3. The topological polar surface area (TPSA) is 69.2 Å². The minimum Gasteiger partial charge on any atom is -0.549 e. The monoisotopic (exact) mass is 349 g/mol. The number of benzene rings is 1. The molecule has 2 rings (SSSR count). The molecule has 1 aliphatic carbocycles. The van der Waals surface area contributed by atoms with Crippen molar-refractivity contribution in [1.82, 2.24) is 5.32 Å². The predicted octanol–water partition coefficient (Wildman–Crippen LogP) is -1.40. The second-order valence-electron chi connectivity index (χ2n) is 5.07. The summed E-state index contributed by atoms with van der Waals surface area (Å²) in [5.74, 6) is -3.08. The van der Waals surface area contributed by atoms with Gasteiger partial charge in [0.15, 0.2) is 0 Å². The molecule has 1 aromatic rings. The minimum atomic E-state index is -1.24. The maximum atomic E-state index is 12.0. The molecule has 1 N–H and O–H groups in total. The van der Waals surface area contributed by atoms with Crippen molar-refractivity contribution in [3.63, 3.8) is 0 Å². The second-order valence-corrected chi connectivity index (χ2v) is 5.88. The van der Waals surface area contributed by atoms with Crippen LogP contribution in [0.2, 0.25) is 10.0 Å². The molecule has 0 saturated carbocycles. The zero-order valence-electron chi connectivity index (χ0n) is 12.3. The van der Waals surface area contributed by atoms with Crippen LogP contribution < -0.4 is 40.0 Å². The molecule has 1 unspecified atom stereocenters. The fourth-order valence-electron chi connectivity index (χ4n) is 2.23. The predicted molar refractivity (Wildman–Crippen MR) is 78.9 cm³/mol. The van der Waals surface area contributed by atoms with Crippen LogP contribution in [0, 0.1) is 11.8 Å². The number of halogens is 2. The molecule has 0 heterocycles. The summed E-state index contributed by atoms with van der Waals surface area (Å²) in [5.41, 5.74) is 0.759. The van der Waals surface area contributed by atoms with E-state index in [1.807, 2.05) is 6.92 Å². The van der Waals surface area contributed by atoms with E-state index in [2.05, 4.69) is 5.32 Å². The quantitative estimate of drug-likeness (QED) is 0.525. The number of carbonyl (C=O) groups excluding carboxylic acids is 2. The molecule has 1 aromatic carbocycles. The smallest absolute Gasteiger partial charge is 0.549 e. The zero-order chi connectivity index (χ0) is 15.6. The van der Waals surface area contributed by atoms with Gasteiger partial charge in [-0.25, -0.2) is 0 Å². The van der Waals surface area contributed by atoms with Gasteiger partial charge in [0.2, 0.25) is 5.91 Å². The number of hydrogen-bond donors (Lipinski definition) is 1. The Morgan fingerprint density at radius 3 is 2.23 bits per heavy atom. The van der Waals surface area contributed by atoms with Gasteiger partial charge in [0.1, 0.15) is 0 Å². The average Bonchev–Trinajstić information content (AvgIpc) is 2.31. The summed E-state index contributed by atoms with van der Waals surface area (Å²) >= 11 is 12.2. The van der Waals surface area contributed by atoms with Gasteiger partial charge in [-0.2, -0.15) is 0 Å². The van der Waals surface area contributed by atoms with Crippen molar-refractivity contribution in [2.24, 2.45) is 11.8 Å². The molecule has 0 aliphatic heterocycles. The summed E-state index contributed by atoms with van der Waals surface area (Å²) in [6, 6.07) is 5.00. The van der Waals surface area contributed by atoms with Crippen LogP contribution in [-0.2, 0) is 16.0 Å². The third-order valence-corrected chi connectivity index (χ3v) is 4.16. The Bertz CT molecular complexity index is 586. The van der Waals surface area contributed by atoms with Gasteiger partial charge in [-0.3, -0.25) is 4.79 Å². The number of nitrogens with one attached hydrogen (secondary N) is 1. The number of amides is 1. The second kappa shape index (κ2) is 8.37. The largest absolute Gasteiger partial charge is 1.00 e. The van der Waals surface area contributed by atoms with Gasteiger partial charge >= 0.3 is 29.6 Å². The molecule has 0 saturated heterocycles. The van der Waals surface area contributed by atoms with Gasteiger partial charge in [0.05, 0.1) is 5.92 Å². The first-order valence-electron chi connectivity index (χ1n) is 6.52. The average molecular weight is 350 g/mol. The van der Waals surface area contributed by atoms with Crippen molar-refractivity contribution in [3.05, 3.63) is 46.0 Å². The number of carbonyl (C=O) groups is 2. The number of rotatable bonds is 5. The first-order valence-corrected chi connectivity index (χ1v) is 7.28. The van der Waals surface area contributed by atoms with Crippen molar-refractivity contribution >= 4 is 35.1 Å². The SMILES string of the molecule is CC(Cc1c(Cl)cccc1Cl)NC(=O)[C@@H]1C=C[C@@H]1C(=O)[O-].[Na+]. The third-order valence-electron chi connectivity index (χ3n) is 3.45. The fraction of sp³-hybridized carbons (Fsp3) is 0.333. The number of carboxylic acid groups (broad SMARTS) is 1. The minimum absolute atomic E-state index is 0. The summed E-state index contributed by atoms with van der Waals surface area (Å²) in [6.45, 7) is 1.81. The number of hydrogen-bond acceptors (Lipinski definition) is 3. The van der Waals surface area contributed by atoms with Crippen molar-refractivity contribution in [2.45, 2.75) is 19.4 Å². The molecule has 112 valence electrons. The molecule has 4 nitrogen and oxygen atoms in total. The van der Waals surface area contributed by atoms with E-state index < -0.39 is 17.8 Å². The molecule has 0 fully saturated rings. The van der Waals surface area contributed by atoms with Crippen LogP contribution in [0.3, 0.4) is 0 Å². The fourth-order valence-corrected chi connectivity index (χ4v) is 2.78. The summed E-state index contributed by atoms with van der Waals surface area (Å²) in [7, 11) is 0. The first-order chi connectivity index (χ1) is 9.90. The van der Waals surface area contributed by atoms with Crippen LogP contribution in [0.1, 0.15) is 12.5 Å². The van der Waals surface area contributed by atoms with E-state index in [-0.39, 0.29) is 41.5 Å². The van der Waals surface area contributed by atoms with Gasteiger partial charge in [0, 0.05) is 28.0 Å². The first kappa shape index (κ1) is 19.5. The molecular weight excluding hydrogens is 336 g/mol. The number of carboxylic acids is 1. The van der Waals surface area contributed by atoms with Crippen LogP contribution in [-0.4, -0.2) is 17.9 Å². The number of aliphatic carboxylic acids is 1. The molecule has 0 spiro atoms. The van der Waals surface area contributed by atoms with Crippen molar-refractivity contribution in [1.29, 1.82) is 0 Å². The van der Waals surface area contributed by atoms with Gasteiger partial charge in [-0.1, -0.05) is 41.4 Å². The molecule has 7 heteroatoms. The van der Waals surface area contributed by atoms with Crippen molar-refractivity contribution in [2.75, 3.05) is 0 Å². The standard InChI is InChI=1S/C15H15Cl2NO3.Na/c1-8(7-11-12(16)3-2-4-13(11)17)18-14(19)9-5-6-10(9)15(20)21;/h2-6,8-10H,7H2,1H3,(H,18,19)(H,20,21);/q;+1/p-1/t8?,9-,10+;/m1./s1. The molecule has 0 bridgehead atoms. The van der Waals surface area contributed by atoms with Crippen LogP contribution in [0.4, 0.5) is 0 Å². The van der Waals surface area contributed by atoms with Crippen LogP contribution in [0.5, 0.6) is 0 Å². The Balaban J connectivity index is 0.00000242. The third kappa shape index (κ3) is 4.49.